The lowest BCUT2D eigenvalue weighted by atomic mass is 10.0. The van der Waals surface area contributed by atoms with Crippen molar-refractivity contribution in [3.63, 3.8) is 0 Å². The number of allylic oxidation sites excluding steroid dienone is 3. The minimum absolute atomic E-state index is 0.00853. The largest absolute Gasteiger partial charge is 0.466 e. The summed E-state index contributed by atoms with van der Waals surface area (Å²) >= 11 is 0. The van der Waals surface area contributed by atoms with Crippen molar-refractivity contribution in [3.8, 4) is 0 Å². The molecule has 0 aromatic heterocycles. The Kier molecular flexibility index (Phi) is 65.4. The number of unbranched alkanes of at least 4 members (excludes halogenated alkanes) is 53. The van der Waals surface area contributed by atoms with Gasteiger partial charge in [-0.05, 0) is 51.4 Å². The van der Waals surface area contributed by atoms with Gasteiger partial charge in [0.2, 0.25) is 5.91 Å². The third-order valence-corrected chi connectivity index (χ3v) is 16.5. The van der Waals surface area contributed by atoms with Gasteiger partial charge in [-0.1, -0.05) is 353 Å². The molecule has 77 heavy (non-hydrogen) atoms. The Balaban J connectivity index is 3.37. The van der Waals surface area contributed by atoms with Crippen molar-refractivity contribution < 1.29 is 24.5 Å². The van der Waals surface area contributed by atoms with Crippen LogP contribution in [0.5, 0.6) is 0 Å². The minimum Gasteiger partial charge on any atom is -0.466 e. The maximum absolute atomic E-state index is 12.5. The summed E-state index contributed by atoms with van der Waals surface area (Å²) < 4.78 is 5.47. The highest BCUT2D eigenvalue weighted by Gasteiger charge is 2.18. The van der Waals surface area contributed by atoms with Crippen molar-refractivity contribution >= 4 is 11.9 Å². The van der Waals surface area contributed by atoms with E-state index in [2.05, 4.69) is 31.3 Å². The van der Waals surface area contributed by atoms with Crippen LogP contribution in [-0.4, -0.2) is 47.4 Å². The lowest BCUT2D eigenvalue weighted by molar-refractivity contribution is -0.143. The van der Waals surface area contributed by atoms with E-state index in [1.807, 2.05) is 6.08 Å². The quantitative estimate of drug-likeness (QED) is 0.0320. The molecule has 0 aliphatic carbocycles. The molecule has 0 fully saturated rings. The van der Waals surface area contributed by atoms with E-state index in [1.54, 1.807) is 6.08 Å². The summed E-state index contributed by atoms with van der Waals surface area (Å²) in [4.78, 5) is 24.5. The van der Waals surface area contributed by atoms with Crippen molar-refractivity contribution in [3.05, 3.63) is 24.3 Å². The van der Waals surface area contributed by atoms with Gasteiger partial charge in [-0.25, -0.2) is 0 Å². The predicted molar refractivity (Wildman–Crippen MR) is 338 cm³/mol. The van der Waals surface area contributed by atoms with Crippen molar-refractivity contribution in [2.75, 3.05) is 13.2 Å². The number of hydrogen-bond acceptors (Lipinski definition) is 5. The molecule has 0 bridgehead atoms. The molecule has 0 rings (SSSR count). The summed E-state index contributed by atoms with van der Waals surface area (Å²) in [5.41, 5.74) is 0. The zero-order chi connectivity index (χ0) is 55.7. The van der Waals surface area contributed by atoms with Crippen LogP contribution in [0, 0.1) is 0 Å². The summed E-state index contributed by atoms with van der Waals surface area (Å²) in [6.07, 6.45) is 84.0. The van der Waals surface area contributed by atoms with Crippen molar-refractivity contribution in [2.45, 2.75) is 405 Å². The van der Waals surface area contributed by atoms with Crippen LogP contribution in [0.15, 0.2) is 24.3 Å². The molecule has 1 amide bonds. The van der Waals surface area contributed by atoms with Gasteiger partial charge in [0.1, 0.15) is 0 Å². The van der Waals surface area contributed by atoms with E-state index in [4.69, 9.17) is 4.74 Å². The first-order chi connectivity index (χ1) is 38.0. The van der Waals surface area contributed by atoms with Gasteiger partial charge in [0.25, 0.3) is 0 Å². The summed E-state index contributed by atoms with van der Waals surface area (Å²) in [6.45, 7) is 4.90. The molecule has 6 nitrogen and oxygen atoms in total. The van der Waals surface area contributed by atoms with E-state index in [0.29, 0.717) is 19.4 Å². The molecule has 0 aromatic carbocycles. The number of aliphatic hydroxyl groups is 2. The van der Waals surface area contributed by atoms with Gasteiger partial charge in [0, 0.05) is 12.8 Å². The first-order valence-corrected chi connectivity index (χ1v) is 35.1. The van der Waals surface area contributed by atoms with Gasteiger partial charge in [-0.3, -0.25) is 9.59 Å². The number of nitrogens with one attached hydrogen (secondary N) is 1. The van der Waals surface area contributed by atoms with E-state index in [1.165, 1.54) is 321 Å². The molecule has 0 aromatic rings. The molecule has 0 aliphatic heterocycles. The maximum Gasteiger partial charge on any atom is 0.305 e. The van der Waals surface area contributed by atoms with Crippen LogP contribution in [0.3, 0.4) is 0 Å². The Hall–Kier alpha value is -1.66. The molecular formula is C71H137NO5. The molecule has 0 saturated heterocycles. The summed E-state index contributed by atoms with van der Waals surface area (Å²) in [7, 11) is 0. The van der Waals surface area contributed by atoms with Crippen LogP contribution in [0.25, 0.3) is 0 Å². The Labute approximate surface area is 481 Å². The van der Waals surface area contributed by atoms with E-state index in [-0.39, 0.29) is 18.5 Å². The number of hydrogen-bond donors (Lipinski definition) is 3. The molecule has 2 unspecified atom stereocenters. The Morgan fingerprint density at radius 2 is 0.623 bits per heavy atom. The van der Waals surface area contributed by atoms with Gasteiger partial charge in [0.15, 0.2) is 0 Å². The van der Waals surface area contributed by atoms with Gasteiger partial charge in [0.05, 0.1) is 25.4 Å². The Morgan fingerprint density at radius 3 is 0.961 bits per heavy atom. The molecule has 0 saturated carbocycles. The highest BCUT2D eigenvalue weighted by molar-refractivity contribution is 5.76. The Bertz CT molecular complexity index is 1200. The number of esters is 1. The van der Waals surface area contributed by atoms with Crippen LogP contribution in [-0.2, 0) is 14.3 Å². The highest BCUT2D eigenvalue weighted by Crippen LogP contribution is 2.19. The average molecular weight is 1080 g/mol. The molecule has 456 valence electrons. The number of amides is 1. The minimum atomic E-state index is -0.842. The third kappa shape index (κ3) is 63.4. The topological polar surface area (TPSA) is 95.9 Å². The smallest absolute Gasteiger partial charge is 0.305 e. The van der Waals surface area contributed by atoms with E-state index in [9.17, 15) is 19.8 Å². The zero-order valence-electron chi connectivity index (χ0n) is 52.2. The van der Waals surface area contributed by atoms with Crippen molar-refractivity contribution in [2.24, 2.45) is 0 Å². The number of carbonyl (C=O) groups is 2. The molecule has 0 radical (unpaired) electrons. The molecule has 6 heteroatoms. The fraction of sp³-hybridized carbons (Fsp3) is 0.915. The molecule has 0 spiro atoms. The average Bonchev–Trinajstić information content (AvgIpc) is 3.43. The van der Waals surface area contributed by atoms with Crippen LogP contribution in [0.4, 0.5) is 0 Å². The van der Waals surface area contributed by atoms with Gasteiger partial charge in [-0.2, -0.15) is 0 Å². The molecule has 2 atom stereocenters. The number of ether oxygens (including phenoxy) is 1. The summed E-state index contributed by atoms with van der Waals surface area (Å²) in [6, 6.07) is -0.625. The van der Waals surface area contributed by atoms with Crippen LogP contribution in [0.1, 0.15) is 393 Å². The lowest BCUT2D eigenvalue weighted by Gasteiger charge is -2.20. The van der Waals surface area contributed by atoms with Gasteiger partial charge < -0.3 is 20.3 Å². The standard InChI is InChI=1S/C71H137NO5/c1-3-5-7-9-11-13-15-16-17-18-19-31-34-37-40-44-47-51-55-59-63-69(74)68(67-73)72-70(75)64-60-56-52-48-45-41-38-35-32-29-27-25-23-21-20-22-24-26-28-30-33-36-39-42-46-50-54-58-62-66-77-71(76)65-61-57-53-49-43-14-12-10-8-6-4-2/h10,12,59,63,68-69,73-74H,3-9,11,13-58,60-62,64-67H2,1-2H3,(H,72,75)/b12-10-,63-59+. The lowest BCUT2D eigenvalue weighted by Crippen LogP contribution is -2.45. The molecular weight excluding hydrogens is 947 g/mol. The second kappa shape index (κ2) is 66.8. The van der Waals surface area contributed by atoms with Crippen LogP contribution < -0.4 is 5.32 Å². The fourth-order valence-corrected chi connectivity index (χ4v) is 11.1. The van der Waals surface area contributed by atoms with Gasteiger partial charge >= 0.3 is 5.97 Å². The molecule has 3 N–H and O–H groups in total. The number of rotatable bonds is 66. The van der Waals surface area contributed by atoms with E-state index >= 15 is 0 Å². The van der Waals surface area contributed by atoms with Gasteiger partial charge in [-0.15, -0.1) is 0 Å². The SMILES string of the molecule is CCCC/C=C\CCCCCCCC(=O)OCCCCCCCCCCCCCCCCCCCCCCCCCCCCCCCC(=O)NC(CO)C(O)/C=C/CCCCCCCCCCCCCCCCCCCC. The second-order valence-electron chi connectivity index (χ2n) is 24.2. The fourth-order valence-electron chi connectivity index (χ4n) is 11.1. The predicted octanol–water partition coefficient (Wildman–Crippen LogP) is 22.5. The van der Waals surface area contributed by atoms with Crippen LogP contribution in [0.2, 0.25) is 0 Å². The first kappa shape index (κ1) is 75.3. The number of aliphatic hydroxyl groups excluding tert-OH is 2. The van der Waals surface area contributed by atoms with Crippen LogP contribution >= 0.6 is 0 Å². The maximum atomic E-state index is 12.5. The zero-order valence-corrected chi connectivity index (χ0v) is 52.2. The van der Waals surface area contributed by atoms with Crippen molar-refractivity contribution in [1.82, 2.24) is 5.32 Å². The van der Waals surface area contributed by atoms with Crippen molar-refractivity contribution in [1.29, 1.82) is 0 Å². The summed E-state index contributed by atoms with van der Waals surface area (Å²) in [5.74, 6) is -0.0520. The third-order valence-electron chi connectivity index (χ3n) is 16.5. The monoisotopic (exact) mass is 1080 g/mol. The Morgan fingerprint density at radius 1 is 0.351 bits per heavy atom. The molecule has 0 aliphatic rings. The molecule has 0 heterocycles. The summed E-state index contributed by atoms with van der Waals surface area (Å²) in [5, 5.41) is 23.2. The first-order valence-electron chi connectivity index (χ1n) is 35.1. The number of carbonyl (C=O) groups excluding carboxylic acids is 2. The normalized spacial score (nSPS) is 12.6. The second-order valence-corrected chi connectivity index (χ2v) is 24.2. The highest BCUT2D eigenvalue weighted by atomic mass is 16.5. The van der Waals surface area contributed by atoms with E-state index < -0.39 is 12.1 Å². The van der Waals surface area contributed by atoms with E-state index in [0.717, 1.165) is 44.9 Å².